The molecule has 2 heterocycles. The van der Waals surface area contributed by atoms with Gasteiger partial charge in [-0.25, -0.2) is 4.39 Å². The molecule has 0 saturated carbocycles. The summed E-state index contributed by atoms with van der Waals surface area (Å²) in [5.74, 6) is -2.23. The lowest BCUT2D eigenvalue weighted by Gasteiger charge is -2.40. The van der Waals surface area contributed by atoms with Gasteiger partial charge in [-0.2, -0.15) is 0 Å². The lowest BCUT2D eigenvalue weighted by molar-refractivity contribution is -0.136. The first kappa shape index (κ1) is 23.7. The van der Waals surface area contributed by atoms with Crippen LogP contribution in [0.3, 0.4) is 0 Å². The topological polar surface area (TPSA) is 77.6 Å². The zero-order chi connectivity index (χ0) is 23.9. The average molecular weight is 482 g/mol. The summed E-state index contributed by atoms with van der Waals surface area (Å²) in [5.41, 5.74) is 2.39. The van der Waals surface area contributed by atoms with Crippen LogP contribution in [-0.4, -0.2) is 54.4 Å². The minimum absolute atomic E-state index is 0.135. The summed E-state index contributed by atoms with van der Waals surface area (Å²) in [5, 5.41) is 5.03. The second-order valence-electron chi connectivity index (χ2n) is 7.95. The summed E-state index contributed by atoms with van der Waals surface area (Å²) >= 11 is 5.74. The normalized spacial score (nSPS) is 14.9. The molecule has 0 radical (unpaired) electrons. The van der Waals surface area contributed by atoms with Crippen LogP contribution < -0.4 is 15.5 Å². The molecule has 2 aromatic carbocycles. The summed E-state index contributed by atoms with van der Waals surface area (Å²) < 4.78 is 13.3. The molecule has 1 aliphatic heterocycles. The van der Waals surface area contributed by atoms with Crippen molar-refractivity contribution in [3.05, 3.63) is 89.5 Å². The maximum absolute atomic E-state index is 13.3. The van der Waals surface area contributed by atoms with Crippen LogP contribution in [0.2, 0.25) is 5.02 Å². The molecule has 1 aliphatic rings. The van der Waals surface area contributed by atoms with Gasteiger partial charge in [0.25, 0.3) is 0 Å². The third-order valence-corrected chi connectivity index (χ3v) is 6.07. The zero-order valence-corrected chi connectivity index (χ0v) is 19.2. The van der Waals surface area contributed by atoms with E-state index in [1.165, 1.54) is 17.8 Å². The molecule has 0 bridgehead atoms. The van der Waals surface area contributed by atoms with Gasteiger partial charge in [0.15, 0.2) is 0 Å². The number of rotatable bonds is 6. The molecule has 1 saturated heterocycles. The van der Waals surface area contributed by atoms with E-state index in [4.69, 9.17) is 11.6 Å². The van der Waals surface area contributed by atoms with E-state index >= 15 is 0 Å². The molecule has 0 spiro atoms. The van der Waals surface area contributed by atoms with E-state index in [0.717, 1.165) is 37.8 Å². The molecule has 4 rings (SSSR count). The maximum atomic E-state index is 13.3. The molecule has 1 aromatic heterocycles. The van der Waals surface area contributed by atoms with Gasteiger partial charge in [-0.1, -0.05) is 35.9 Å². The molecular formula is C25H25ClFN5O2. The molecule has 3 aromatic rings. The first-order valence-corrected chi connectivity index (χ1v) is 11.4. The van der Waals surface area contributed by atoms with Crippen LogP contribution in [0.25, 0.3) is 0 Å². The van der Waals surface area contributed by atoms with Crippen LogP contribution in [0.4, 0.5) is 15.8 Å². The number of nitrogens with one attached hydrogen (secondary N) is 2. The Morgan fingerprint density at radius 2 is 1.76 bits per heavy atom. The number of nitrogens with zero attached hydrogens (tertiary/aromatic N) is 3. The first-order chi connectivity index (χ1) is 16.5. The molecule has 2 amide bonds. The first-order valence-electron chi connectivity index (χ1n) is 11.0. The van der Waals surface area contributed by atoms with Crippen molar-refractivity contribution in [3.8, 4) is 0 Å². The predicted octanol–water partition coefficient (Wildman–Crippen LogP) is 3.49. The Balaban J connectivity index is 1.38. The number of halogens is 2. The number of benzene rings is 2. The van der Waals surface area contributed by atoms with E-state index in [-0.39, 0.29) is 23.3 Å². The van der Waals surface area contributed by atoms with E-state index < -0.39 is 17.6 Å². The van der Waals surface area contributed by atoms with Gasteiger partial charge >= 0.3 is 11.8 Å². The number of carbonyl (C=O) groups excluding carboxylic acids is 2. The number of anilines is 2. The van der Waals surface area contributed by atoms with Gasteiger partial charge in [-0.3, -0.25) is 19.5 Å². The number of piperazine rings is 1. The van der Waals surface area contributed by atoms with Gasteiger partial charge in [0, 0.05) is 56.5 Å². The second kappa shape index (κ2) is 11.1. The van der Waals surface area contributed by atoms with Crippen molar-refractivity contribution >= 4 is 34.8 Å². The molecule has 1 atom stereocenters. The number of hydrogen-bond donors (Lipinski definition) is 2. The Morgan fingerprint density at radius 3 is 2.44 bits per heavy atom. The van der Waals surface area contributed by atoms with Crippen molar-refractivity contribution in [2.24, 2.45) is 0 Å². The van der Waals surface area contributed by atoms with Gasteiger partial charge in [0.05, 0.1) is 11.1 Å². The fraction of sp³-hybridized carbons (Fsp3) is 0.240. The van der Waals surface area contributed by atoms with Gasteiger partial charge in [0.2, 0.25) is 0 Å². The third-order valence-electron chi connectivity index (χ3n) is 5.79. The number of pyridine rings is 1. The smallest absolute Gasteiger partial charge is 0.313 e. The van der Waals surface area contributed by atoms with Crippen LogP contribution in [-0.2, 0) is 9.59 Å². The number of amides is 2. The van der Waals surface area contributed by atoms with Crippen molar-refractivity contribution in [2.75, 3.05) is 42.9 Å². The molecule has 0 aliphatic carbocycles. The van der Waals surface area contributed by atoms with Gasteiger partial charge in [-0.15, -0.1) is 0 Å². The van der Waals surface area contributed by atoms with Crippen molar-refractivity contribution in [3.63, 3.8) is 0 Å². The number of para-hydroxylation sites is 1. The molecular weight excluding hydrogens is 457 g/mol. The summed E-state index contributed by atoms with van der Waals surface area (Å²) in [7, 11) is 0. The van der Waals surface area contributed by atoms with Crippen LogP contribution in [0.5, 0.6) is 0 Å². The van der Waals surface area contributed by atoms with Gasteiger partial charge in [-0.05, 0) is 42.0 Å². The Kier molecular flexibility index (Phi) is 7.72. The second-order valence-corrected chi connectivity index (χ2v) is 8.36. The molecule has 1 unspecified atom stereocenters. The summed E-state index contributed by atoms with van der Waals surface area (Å²) in [4.78, 5) is 33.7. The Morgan fingerprint density at radius 1 is 1.00 bits per heavy atom. The van der Waals surface area contributed by atoms with Crippen LogP contribution in [0.1, 0.15) is 11.6 Å². The third kappa shape index (κ3) is 5.89. The standard InChI is InChI=1S/C25H25ClFN5O2/c26-21-15-19(8-9-22(21)27)30-25(34)24(33)29-17-23(18-5-4-10-28-16-18)32-13-11-31(12-14-32)20-6-2-1-3-7-20/h1-10,15-16,23H,11-14,17H2,(H,29,33)(H,30,34). The average Bonchev–Trinajstić information content (AvgIpc) is 2.88. The van der Waals surface area contributed by atoms with Crippen molar-refractivity contribution < 1.29 is 14.0 Å². The fourth-order valence-electron chi connectivity index (χ4n) is 3.99. The minimum Gasteiger partial charge on any atom is -0.369 e. The molecule has 176 valence electrons. The van der Waals surface area contributed by atoms with Crippen molar-refractivity contribution in [2.45, 2.75) is 6.04 Å². The van der Waals surface area contributed by atoms with E-state index in [2.05, 4.69) is 37.6 Å². The van der Waals surface area contributed by atoms with Gasteiger partial charge in [0.1, 0.15) is 5.82 Å². The SMILES string of the molecule is O=C(NCC(c1cccnc1)N1CCN(c2ccccc2)CC1)C(=O)Nc1ccc(F)c(Cl)c1. The highest BCUT2D eigenvalue weighted by Gasteiger charge is 2.27. The largest absolute Gasteiger partial charge is 0.369 e. The Bertz CT molecular complexity index is 1120. The zero-order valence-electron chi connectivity index (χ0n) is 18.5. The molecule has 9 heteroatoms. The monoisotopic (exact) mass is 481 g/mol. The van der Waals surface area contributed by atoms with E-state index in [0.29, 0.717) is 0 Å². The summed E-state index contributed by atoms with van der Waals surface area (Å²) in [6, 6.07) is 17.7. The van der Waals surface area contributed by atoms with Crippen LogP contribution in [0.15, 0.2) is 73.1 Å². The maximum Gasteiger partial charge on any atom is 0.313 e. The minimum atomic E-state index is -0.846. The molecule has 7 nitrogen and oxygen atoms in total. The molecule has 34 heavy (non-hydrogen) atoms. The van der Waals surface area contributed by atoms with Gasteiger partial charge < -0.3 is 15.5 Å². The molecule has 2 N–H and O–H groups in total. The Labute approximate surface area is 202 Å². The van der Waals surface area contributed by atoms with Crippen LogP contribution in [0, 0.1) is 5.82 Å². The van der Waals surface area contributed by atoms with Crippen LogP contribution >= 0.6 is 11.6 Å². The van der Waals surface area contributed by atoms with E-state index in [1.54, 1.807) is 12.4 Å². The highest BCUT2D eigenvalue weighted by Crippen LogP contribution is 2.24. The highest BCUT2D eigenvalue weighted by molar-refractivity contribution is 6.39. The van der Waals surface area contributed by atoms with E-state index in [9.17, 15) is 14.0 Å². The lowest BCUT2D eigenvalue weighted by atomic mass is 10.1. The predicted molar refractivity (Wildman–Crippen MR) is 130 cm³/mol. The number of aromatic nitrogens is 1. The Hall–Kier alpha value is -3.49. The lowest BCUT2D eigenvalue weighted by Crippen LogP contribution is -2.50. The van der Waals surface area contributed by atoms with Crippen molar-refractivity contribution in [1.82, 2.24) is 15.2 Å². The number of hydrogen-bond acceptors (Lipinski definition) is 5. The van der Waals surface area contributed by atoms with Crippen molar-refractivity contribution in [1.29, 1.82) is 0 Å². The summed E-state index contributed by atoms with van der Waals surface area (Å²) in [6.45, 7) is 3.53. The van der Waals surface area contributed by atoms with E-state index in [1.807, 2.05) is 30.3 Å². The number of carbonyl (C=O) groups is 2. The fourth-order valence-corrected chi connectivity index (χ4v) is 4.17. The highest BCUT2D eigenvalue weighted by atomic mass is 35.5. The molecule has 1 fully saturated rings. The summed E-state index contributed by atoms with van der Waals surface area (Å²) in [6.07, 6.45) is 3.48. The quantitative estimate of drug-likeness (QED) is 0.527.